The Hall–Kier alpha value is -2.80. The third kappa shape index (κ3) is 4.45. The van der Waals surface area contributed by atoms with Gasteiger partial charge in [-0.3, -0.25) is 0 Å². The van der Waals surface area contributed by atoms with Crippen LogP contribution < -0.4 is 20.3 Å². The normalized spacial score (nSPS) is 15.7. The molecule has 0 saturated heterocycles. The quantitative estimate of drug-likeness (QED) is 0.645. The van der Waals surface area contributed by atoms with Gasteiger partial charge in [-0.1, -0.05) is 17.6 Å². The van der Waals surface area contributed by atoms with Gasteiger partial charge in [0.1, 0.15) is 20.0 Å². The Balaban J connectivity index is 1.82. The van der Waals surface area contributed by atoms with Gasteiger partial charge in [-0.05, 0) is 50.6 Å². The lowest BCUT2D eigenvalue weighted by molar-refractivity contribution is 0.275. The summed E-state index contributed by atoms with van der Waals surface area (Å²) in [5.41, 5.74) is 4.36. The number of hydrogen-bond donors (Lipinski definition) is 1. The molecule has 2 heterocycles. The lowest BCUT2D eigenvalue weighted by atomic mass is 9.94. The van der Waals surface area contributed by atoms with Crippen molar-refractivity contribution in [3.63, 3.8) is 0 Å². The van der Waals surface area contributed by atoms with Gasteiger partial charge in [0.2, 0.25) is 0 Å². The maximum atomic E-state index is 6.06. The van der Waals surface area contributed by atoms with Crippen LogP contribution in [0.1, 0.15) is 24.8 Å². The molecular weight excluding hydrogens is 363 g/mol. The topological polar surface area (TPSA) is 59.5 Å². The first-order chi connectivity index (χ1) is 14.1. The van der Waals surface area contributed by atoms with Crippen molar-refractivity contribution in [1.82, 2.24) is 14.9 Å². The zero-order valence-electron chi connectivity index (χ0n) is 17.4. The first-order valence-electron chi connectivity index (χ1n) is 10.1. The van der Waals surface area contributed by atoms with Crippen molar-refractivity contribution in [2.75, 3.05) is 32.6 Å². The molecule has 3 aromatic rings. The minimum atomic E-state index is 0.668. The Bertz CT molecular complexity index is 1010. The largest absolute Gasteiger partial charge is 0.493 e. The molecule has 0 radical (unpaired) electrons. The number of nitrogens with zero attached hydrogens (tertiary/aromatic N) is 3. The van der Waals surface area contributed by atoms with E-state index in [4.69, 9.17) is 9.47 Å². The van der Waals surface area contributed by atoms with E-state index in [0.717, 1.165) is 60.5 Å². The molecule has 150 valence electrons. The summed E-state index contributed by atoms with van der Waals surface area (Å²) in [6, 6.07) is 10.4. The third-order valence-electron chi connectivity index (χ3n) is 5.32. The highest BCUT2D eigenvalue weighted by Gasteiger charge is 2.14. The molecule has 4 rings (SSSR count). The SMILES string of the molecule is Bc1ccc2c(c1)Nc1ncnc3cc(OC)c(cc13)OCCCCCN(C)C2. The number of anilines is 2. The number of fused-ring (bicyclic) bond motifs is 2. The monoisotopic (exact) mass is 390 g/mol. The van der Waals surface area contributed by atoms with Crippen molar-refractivity contribution in [2.24, 2.45) is 0 Å². The molecule has 1 N–H and O–H groups in total. The van der Waals surface area contributed by atoms with E-state index >= 15 is 0 Å². The van der Waals surface area contributed by atoms with Crippen molar-refractivity contribution >= 4 is 35.7 Å². The van der Waals surface area contributed by atoms with E-state index in [0.29, 0.717) is 12.4 Å². The summed E-state index contributed by atoms with van der Waals surface area (Å²) in [6.45, 7) is 2.62. The van der Waals surface area contributed by atoms with Gasteiger partial charge >= 0.3 is 0 Å². The average molecular weight is 390 g/mol. The molecule has 1 aliphatic rings. The summed E-state index contributed by atoms with van der Waals surface area (Å²) in [6.07, 6.45) is 4.88. The van der Waals surface area contributed by atoms with Crippen molar-refractivity contribution in [1.29, 1.82) is 0 Å². The molecule has 29 heavy (non-hydrogen) atoms. The van der Waals surface area contributed by atoms with Gasteiger partial charge in [0, 0.05) is 23.7 Å². The fourth-order valence-corrected chi connectivity index (χ4v) is 3.72. The fraction of sp³-hybridized carbons (Fsp3) is 0.364. The summed E-state index contributed by atoms with van der Waals surface area (Å²) in [7, 11) is 5.94. The van der Waals surface area contributed by atoms with Crippen LogP contribution in [0.5, 0.6) is 11.5 Å². The zero-order valence-corrected chi connectivity index (χ0v) is 17.4. The molecule has 0 amide bonds. The van der Waals surface area contributed by atoms with Crippen LogP contribution in [-0.2, 0) is 6.54 Å². The molecular formula is C22H27BN4O2. The summed E-state index contributed by atoms with van der Waals surface area (Å²) in [4.78, 5) is 11.3. The van der Waals surface area contributed by atoms with Crippen molar-refractivity contribution in [3.05, 3.63) is 42.2 Å². The van der Waals surface area contributed by atoms with Gasteiger partial charge in [0.05, 0.1) is 19.2 Å². The number of methoxy groups -OCH3 is 1. The lowest BCUT2D eigenvalue weighted by Crippen LogP contribution is -2.20. The third-order valence-corrected chi connectivity index (χ3v) is 5.32. The highest BCUT2D eigenvalue weighted by atomic mass is 16.5. The van der Waals surface area contributed by atoms with Crippen LogP contribution in [0.15, 0.2) is 36.7 Å². The standard InChI is InChI=1S/C22H27BN4O2/c1-27-8-4-3-5-9-29-21-11-17-19(12-20(21)28-2)24-14-25-22(17)26-18-10-16(23)7-6-15(18)13-27/h6-7,10-12,14H,3-5,8-9,13,23H2,1-2H3,(H,24,25,26). The first kappa shape index (κ1) is 19.5. The van der Waals surface area contributed by atoms with Gasteiger partial charge in [0.15, 0.2) is 11.5 Å². The molecule has 0 spiro atoms. The van der Waals surface area contributed by atoms with Gasteiger partial charge in [-0.25, -0.2) is 9.97 Å². The molecule has 2 aromatic carbocycles. The highest BCUT2D eigenvalue weighted by Crippen LogP contribution is 2.35. The van der Waals surface area contributed by atoms with Gasteiger partial charge in [-0.15, -0.1) is 0 Å². The second-order valence-electron chi connectivity index (χ2n) is 7.67. The Kier molecular flexibility index (Phi) is 5.85. The minimum absolute atomic E-state index is 0.668. The van der Waals surface area contributed by atoms with Crippen LogP contribution in [0.3, 0.4) is 0 Å². The van der Waals surface area contributed by atoms with Crippen LogP contribution in [0.2, 0.25) is 0 Å². The van der Waals surface area contributed by atoms with Gasteiger partial charge in [0.25, 0.3) is 0 Å². The summed E-state index contributed by atoms with van der Waals surface area (Å²) in [5, 5.41) is 4.47. The van der Waals surface area contributed by atoms with E-state index in [1.54, 1.807) is 13.4 Å². The minimum Gasteiger partial charge on any atom is -0.493 e. The van der Waals surface area contributed by atoms with Crippen LogP contribution in [-0.4, -0.2) is 50.0 Å². The molecule has 0 atom stereocenters. The molecule has 0 fully saturated rings. The molecule has 1 aromatic heterocycles. The number of rotatable bonds is 1. The summed E-state index contributed by atoms with van der Waals surface area (Å²) < 4.78 is 11.6. The van der Waals surface area contributed by atoms with Crippen LogP contribution in [0.25, 0.3) is 10.9 Å². The second-order valence-corrected chi connectivity index (χ2v) is 7.67. The molecule has 2 bridgehead atoms. The number of aromatic nitrogens is 2. The molecule has 7 heteroatoms. The van der Waals surface area contributed by atoms with Crippen LogP contribution in [0.4, 0.5) is 11.5 Å². The second kappa shape index (κ2) is 8.70. The van der Waals surface area contributed by atoms with Crippen molar-refractivity contribution < 1.29 is 9.47 Å². The van der Waals surface area contributed by atoms with E-state index < -0.39 is 0 Å². The summed E-state index contributed by atoms with van der Waals surface area (Å²) >= 11 is 0. The Labute approximate surface area is 172 Å². The number of ether oxygens (including phenoxy) is 2. The fourth-order valence-electron chi connectivity index (χ4n) is 3.72. The maximum Gasteiger partial charge on any atom is 0.162 e. The molecule has 0 saturated carbocycles. The van der Waals surface area contributed by atoms with Crippen LogP contribution in [0, 0.1) is 0 Å². The van der Waals surface area contributed by atoms with Crippen molar-refractivity contribution in [2.45, 2.75) is 25.8 Å². The van der Waals surface area contributed by atoms with E-state index in [1.165, 1.54) is 11.0 Å². The lowest BCUT2D eigenvalue weighted by Gasteiger charge is -2.20. The zero-order chi connectivity index (χ0) is 20.2. The van der Waals surface area contributed by atoms with Crippen molar-refractivity contribution in [3.8, 4) is 11.5 Å². The number of benzene rings is 2. The smallest absolute Gasteiger partial charge is 0.162 e. The average Bonchev–Trinajstić information content (AvgIpc) is 2.72. The number of hydrogen-bond acceptors (Lipinski definition) is 6. The van der Waals surface area contributed by atoms with E-state index in [9.17, 15) is 0 Å². The highest BCUT2D eigenvalue weighted by molar-refractivity contribution is 6.32. The predicted molar refractivity (Wildman–Crippen MR) is 120 cm³/mol. The number of nitrogens with one attached hydrogen (secondary N) is 1. The Morgan fingerprint density at radius 1 is 1.14 bits per heavy atom. The summed E-state index contributed by atoms with van der Waals surface area (Å²) in [5.74, 6) is 2.20. The van der Waals surface area contributed by atoms with Crippen LogP contribution >= 0.6 is 0 Å². The van der Waals surface area contributed by atoms with E-state index in [1.807, 2.05) is 12.1 Å². The molecule has 1 aliphatic heterocycles. The predicted octanol–water partition coefficient (Wildman–Crippen LogP) is 2.63. The van der Waals surface area contributed by atoms with Gasteiger partial charge < -0.3 is 19.7 Å². The van der Waals surface area contributed by atoms with E-state index in [-0.39, 0.29) is 0 Å². The first-order valence-corrected chi connectivity index (χ1v) is 10.1. The Morgan fingerprint density at radius 2 is 2.03 bits per heavy atom. The molecule has 0 aliphatic carbocycles. The maximum absolute atomic E-state index is 6.06. The van der Waals surface area contributed by atoms with E-state index in [2.05, 4.69) is 53.3 Å². The Morgan fingerprint density at radius 3 is 2.90 bits per heavy atom. The molecule has 6 nitrogen and oxygen atoms in total. The van der Waals surface area contributed by atoms with Gasteiger partial charge in [-0.2, -0.15) is 0 Å². The molecule has 0 unspecified atom stereocenters.